The standard InChI is InChI=1S/C18H16FNO3S/c19-14-5-1-12(2-6-14)9-10-23-15-7-3-13(4-8-15)11-16-17(21)20-18(22)24-16/h1-8,21H,9-11H2,(H,20,22). The van der Waals surface area contributed by atoms with Crippen LogP contribution in [-0.4, -0.2) is 16.7 Å². The Labute approximate surface area is 142 Å². The lowest BCUT2D eigenvalue weighted by Crippen LogP contribution is -2.01. The quantitative estimate of drug-likeness (QED) is 0.719. The van der Waals surface area contributed by atoms with Crippen LogP contribution in [0.15, 0.2) is 53.3 Å². The van der Waals surface area contributed by atoms with E-state index in [4.69, 9.17) is 4.74 Å². The van der Waals surface area contributed by atoms with Crippen LogP contribution in [0.4, 0.5) is 4.39 Å². The molecule has 0 saturated carbocycles. The Kier molecular flexibility index (Phi) is 4.96. The molecule has 3 aromatic rings. The number of aromatic nitrogens is 1. The molecule has 0 saturated heterocycles. The van der Waals surface area contributed by atoms with Gasteiger partial charge >= 0.3 is 4.87 Å². The summed E-state index contributed by atoms with van der Waals surface area (Å²) in [7, 11) is 0. The summed E-state index contributed by atoms with van der Waals surface area (Å²) < 4.78 is 18.5. The number of rotatable bonds is 6. The van der Waals surface area contributed by atoms with Crippen molar-refractivity contribution in [1.82, 2.24) is 4.98 Å². The van der Waals surface area contributed by atoms with Crippen LogP contribution >= 0.6 is 11.3 Å². The number of aromatic hydroxyl groups is 1. The molecule has 0 spiro atoms. The lowest BCUT2D eigenvalue weighted by atomic mass is 10.1. The molecule has 6 heteroatoms. The van der Waals surface area contributed by atoms with Crippen molar-refractivity contribution in [2.45, 2.75) is 12.8 Å². The molecular weight excluding hydrogens is 329 g/mol. The summed E-state index contributed by atoms with van der Waals surface area (Å²) in [4.78, 5) is 13.9. The maximum atomic E-state index is 12.8. The van der Waals surface area contributed by atoms with Crippen molar-refractivity contribution < 1.29 is 14.2 Å². The van der Waals surface area contributed by atoms with Gasteiger partial charge in [0.25, 0.3) is 0 Å². The van der Waals surface area contributed by atoms with Crippen molar-refractivity contribution in [2.24, 2.45) is 0 Å². The second-order valence-electron chi connectivity index (χ2n) is 5.33. The van der Waals surface area contributed by atoms with E-state index in [0.717, 1.165) is 28.2 Å². The van der Waals surface area contributed by atoms with Gasteiger partial charge in [0.2, 0.25) is 5.88 Å². The highest BCUT2D eigenvalue weighted by atomic mass is 32.1. The van der Waals surface area contributed by atoms with Gasteiger partial charge in [-0.3, -0.25) is 9.78 Å². The molecule has 124 valence electrons. The van der Waals surface area contributed by atoms with Gasteiger partial charge in [0.1, 0.15) is 11.6 Å². The van der Waals surface area contributed by atoms with E-state index < -0.39 is 0 Å². The van der Waals surface area contributed by atoms with E-state index in [0.29, 0.717) is 24.3 Å². The van der Waals surface area contributed by atoms with Crippen molar-refractivity contribution in [3.63, 3.8) is 0 Å². The highest BCUT2D eigenvalue weighted by molar-refractivity contribution is 7.09. The summed E-state index contributed by atoms with van der Waals surface area (Å²) in [5.74, 6) is 0.436. The van der Waals surface area contributed by atoms with Crippen molar-refractivity contribution in [3.8, 4) is 11.6 Å². The first-order valence-corrected chi connectivity index (χ1v) is 8.29. The van der Waals surface area contributed by atoms with E-state index in [1.165, 1.54) is 12.1 Å². The molecule has 0 amide bonds. The third-order valence-electron chi connectivity index (χ3n) is 3.56. The lowest BCUT2D eigenvalue weighted by molar-refractivity contribution is 0.322. The molecule has 0 bridgehead atoms. The van der Waals surface area contributed by atoms with Crippen LogP contribution in [-0.2, 0) is 12.8 Å². The lowest BCUT2D eigenvalue weighted by Gasteiger charge is -2.07. The summed E-state index contributed by atoms with van der Waals surface area (Å²) >= 11 is 1.01. The minimum absolute atomic E-state index is 0.0652. The third-order valence-corrected chi connectivity index (χ3v) is 4.43. The molecule has 4 nitrogen and oxygen atoms in total. The van der Waals surface area contributed by atoms with Crippen LogP contribution in [0.5, 0.6) is 11.6 Å². The second-order valence-corrected chi connectivity index (χ2v) is 6.40. The van der Waals surface area contributed by atoms with E-state index in [1.807, 2.05) is 24.3 Å². The number of H-pyrrole nitrogens is 1. The highest BCUT2D eigenvalue weighted by Gasteiger charge is 2.07. The van der Waals surface area contributed by atoms with Gasteiger partial charge < -0.3 is 9.84 Å². The summed E-state index contributed by atoms with van der Waals surface area (Å²) in [5, 5.41) is 9.60. The SMILES string of the molecule is O=c1[nH]c(O)c(Cc2ccc(OCCc3ccc(F)cc3)cc2)s1. The van der Waals surface area contributed by atoms with Crippen molar-refractivity contribution in [2.75, 3.05) is 6.61 Å². The van der Waals surface area contributed by atoms with Crippen LogP contribution < -0.4 is 9.61 Å². The Morgan fingerprint density at radius 2 is 1.71 bits per heavy atom. The van der Waals surface area contributed by atoms with E-state index in [1.54, 1.807) is 12.1 Å². The van der Waals surface area contributed by atoms with Crippen LogP contribution in [0.3, 0.4) is 0 Å². The summed E-state index contributed by atoms with van der Waals surface area (Å²) in [5.41, 5.74) is 2.00. The van der Waals surface area contributed by atoms with Gasteiger partial charge in [0, 0.05) is 12.8 Å². The van der Waals surface area contributed by atoms with E-state index in [2.05, 4.69) is 4.98 Å². The zero-order valence-electron chi connectivity index (χ0n) is 12.8. The van der Waals surface area contributed by atoms with Gasteiger partial charge in [-0.05, 0) is 35.4 Å². The molecule has 0 aliphatic heterocycles. The molecular formula is C18H16FNO3S. The molecule has 0 aliphatic rings. The number of hydrogen-bond acceptors (Lipinski definition) is 4. The number of hydrogen-bond donors (Lipinski definition) is 2. The Morgan fingerprint density at radius 1 is 1.04 bits per heavy atom. The predicted molar refractivity (Wildman–Crippen MR) is 91.5 cm³/mol. The molecule has 2 N–H and O–H groups in total. The maximum Gasteiger partial charge on any atom is 0.307 e. The first-order chi connectivity index (χ1) is 11.6. The number of halogens is 1. The highest BCUT2D eigenvalue weighted by Crippen LogP contribution is 2.21. The summed E-state index contributed by atoms with van der Waals surface area (Å²) in [6.45, 7) is 0.505. The van der Waals surface area contributed by atoms with Gasteiger partial charge in [0.05, 0.1) is 11.5 Å². The molecule has 1 aromatic heterocycles. The smallest absolute Gasteiger partial charge is 0.307 e. The summed E-state index contributed by atoms with van der Waals surface area (Å²) in [6.07, 6.45) is 1.19. The molecule has 0 radical (unpaired) electrons. The minimum Gasteiger partial charge on any atom is -0.494 e. The number of nitrogens with one attached hydrogen (secondary N) is 1. The molecule has 0 unspecified atom stereocenters. The number of ether oxygens (including phenoxy) is 1. The fourth-order valence-electron chi connectivity index (χ4n) is 2.30. The largest absolute Gasteiger partial charge is 0.494 e. The first kappa shape index (κ1) is 16.3. The number of thiazole rings is 1. The summed E-state index contributed by atoms with van der Waals surface area (Å²) in [6, 6.07) is 13.9. The van der Waals surface area contributed by atoms with Gasteiger partial charge in [-0.2, -0.15) is 0 Å². The monoisotopic (exact) mass is 345 g/mol. The zero-order chi connectivity index (χ0) is 16.9. The molecule has 1 heterocycles. The molecule has 0 fully saturated rings. The van der Waals surface area contributed by atoms with Crippen LogP contribution in [0, 0.1) is 5.82 Å². The van der Waals surface area contributed by atoms with Crippen molar-refractivity contribution in [3.05, 3.63) is 80.0 Å². The molecule has 0 aliphatic carbocycles. The molecule has 3 rings (SSSR count). The van der Waals surface area contributed by atoms with E-state index in [9.17, 15) is 14.3 Å². The van der Waals surface area contributed by atoms with E-state index >= 15 is 0 Å². The third kappa shape index (κ3) is 4.23. The second kappa shape index (κ2) is 7.31. The van der Waals surface area contributed by atoms with Crippen LogP contribution in [0.2, 0.25) is 0 Å². The molecule has 24 heavy (non-hydrogen) atoms. The normalized spacial score (nSPS) is 10.7. The Bertz CT molecular complexity index is 853. The van der Waals surface area contributed by atoms with Gasteiger partial charge in [-0.15, -0.1) is 0 Å². The van der Waals surface area contributed by atoms with Gasteiger partial charge in [0.15, 0.2) is 0 Å². The Hall–Kier alpha value is -2.60. The minimum atomic E-state index is -0.261. The fraction of sp³-hybridized carbons (Fsp3) is 0.167. The van der Waals surface area contributed by atoms with E-state index in [-0.39, 0.29) is 16.6 Å². The maximum absolute atomic E-state index is 12.8. The van der Waals surface area contributed by atoms with Crippen LogP contribution in [0.1, 0.15) is 16.0 Å². The van der Waals surface area contributed by atoms with Crippen LogP contribution in [0.25, 0.3) is 0 Å². The average molecular weight is 345 g/mol. The van der Waals surface area contributed by atoms with Crippen molar-refractivity contribution >= 4 is 11.3 Å². The van der Waals surface area contributed by atoms with Gasteiger partial charge in [-0.1, -0.05) is 35.6 Å². The van der Waals surface area contributed by atoms with Gasteiger partial charge in [-0.25, -0.2) is 4.39 Å². The number of benzene rings is 2. The number of aromatic amines is 1. The molecule has 2 aromatic carbocycles. The predicted octanol–water partition coefficient (Wildman–Crippen LogP) is 3.49. The average Bonchev–Trinajstić information content (AvgIpc) is 2.88. The topological polar surface area (TPSA) is 62.3 Å². The Balaban J connectivity index is 1.53. The molecule has 0 atom stereocenters. The van der Waals surface area contributed by atoms with Crippen molar-refractivity contribution in [1.29, 1.82) is 0 Å². The fourth-order valence-corrected chi connectivity index (χ4v) is 3.06. The Morgan fingerprint density at radius 3 is 2.33 bits per heavy atom. The zero-order valence-corrected chi connectivity index (χ0v) is 13.6. The first-order valence-electron chi connectivity index (χ1n) is 7.47.